The molecule has 124 valence electrons. The van der Waals surface area contributed by atoms with E-state index in [1.165, 1.54) is 44.1 Å². The summed E-state index contributed by atoms with van der Waals surface area (Å²) in [6, 6.07) is 10.2. The first-order valence-corrected chi connectivity index (χ1v) is 9.39. The smallest absolute Gasteiger partial charge is 0.0886 e. The van der Waals surface area contributed by atoms with Crippen molar-refractivity contribution in [2.24, 2.45) is 17.8 Å². The van der Waals surface area contributed by atoms with Crippen molar-refractivity contribution >= 4 is 0 Å². The topological polar surface area (TPSA) is 37.8 Å². The summed E-state index contributed by atoms with van der Waals surface area (Å²) in [6.07, 6.45) is 12.5. The van der Waals surface area contributed by atoms with Crippen LogP contribution < -0.4 is 5.32 Å². The molecule has 4 aliphatic rings. The average molecular weight is 319 g/mol. The molecule has 3 nitrogen and oxygen atoms in total. The minimum absolute atomic E-state index is 0.425. The molecule has 3 heteroatoms. The second-order valence-electron chi connectivity index (χ2n) is 8.32. The van der Waals surface area contributed by atoms with Crippen LogP contribution in [0.2, 0.25) is 0 Å². The van der Waals surface area contributed by atoms with Crippen LogP contribution >= 0.6 is 0 Å². The number of aromatic nitrogens is 2. The Kier molecular flexibility index (Phi) is 3.44. The zero-order valence-electron chi connectivity index (χ0n) is 14.1. The first kappa shape index (κ1) is 14.6. The SMILES string of the molecule is c1ccc(-c2ccc(CNC34CC5CC(CC(C5)C3)C4)cn2)nc1. The summed E-state index contributed by atoms with van der Waals surface area (Å²) in [6.45, 7) is 0.946. The molecule has 4 fully saturated rings. The molecule has 0 atom stereocenters. The van der Waals surface area contributed by atoms with Crippen LogP contribution in [0, 0.1) is 17.8 Å². The second kappa shape index (κ2) is 5.66. The van der Waals surface area contributed by atoms with Gasteiger partial charge in [-0.3, -0.25) is 9.97 Å². The summed E-state index contributed by atoms with van der Waals surface area (Å²) < 4.78 is 0. The molecular weight excluding hydrogens is 294 g/mol. The molecule has 6 rings (SSSR count). The Balaban J connectivity index is 1.27. The van der Waals surface area contributed by atoms with Gasteiger partial charge in [0.15, 0.2) is 0 Å². The quantitative estimate of drug-likeness (QED) is 0.917. The first-order valence-electron chi connectivity index (χ1n) is 9.39. The van der Waals surface area contributed by atoms with Crippen LogP contribution in [-0.4, -0.2) is 15.5 Å². The Morgan fingerprint density at radius 1 is 0.875 bits per heavy atom. The van der Waals surface area contributed by atoms with Crippen LogP contribution in [-0.2, 0) is 6.54 Å². The van der Waals surface area contributed by atoms with Crippen LogP contribution in [0.25, 0.3) is 11.4 Å². The average Bonchev–Trinajstić information content (AvgIpc) is 2.60. The highest BCUT2D eigenvalue weighted by atomic mass is 15.0. The van der Waals surface area contributed by atoms with Crippen LogP contribution in [0.15, 0.2) is 42.7 Å². The third-order valence-electron chi connectivity index (χ3n) is 6.46. The fourth-order valence-corrected chi connectivity index (χ4v) is 5.81. The first-order chi connectivity index (χ1) is 11.8. The number of nitrogens with one attached hydrogen (secondary N) is 1. The van der Waals surface area contributed by atoms with E-state index < -0.39 is 0 Å². The van der Waals surface area contributed by atoms with Gasteiger partial charge in [0.05, 0.1) is 11.4 Å². The lowest BCUT2D eigenvalue weighted by Crippen LogP contribution is -2.58. The Labute approximate surface area is 143 Å². The minimum Gasteiger partial charge on any atom is -0.307 e. The summed E-state index contributed by atoms with van der Waals surface area (Å²) in [4.78, 5) is 8.98. The molecule has 0 radical (unpaired) electrons. The van der Waals surface area contributed by atoms with Gasteiger partial charge in [-0.2, -0.15) is 0 Å². The van der Waals surface area contributed by atoms with Gasteiger partial charge in [0.2, 0.25) is 0 Å². The number of hydrogen-bond acceptors (Lipinski definition) is 3. The van der Waals surface area contributed by atoms with Crippen molar-refractivity contribution in [3.8, 4) is 11.4 Å². The van der Waals surface area contributed by atoms with Crippen LogP contribution in [0.5, 0.6) is 0 Å². The molecule has 24 heavy (non-hydrogen) atoms. The highest BCUT2D eigenvalue weighted by molar-refractivity contribution is 5.53. The Morgan fingerprint density at radius 2 is 1.58 bits per heavy atom. The van der Waals surface area contributed by atoms with Gasteiger partial charge < -0.3 is 5.32 Å². The van der Waals surface area contributed by atoms with Gasteiger partial charge in [0.25, 0.3) is 0 Å². The van der Waals surface area contributed by atoms with Crippen molar-refractivity contribution in [2.45, 2.75) is 50.6 Å². The maximum atomic E-state index is 4.61. The zero-order valence-corrected chi connectivity index (χ0v) is 14.1. The molecule has 0 aliphatic heterocycles. The molecule has 0 amide bonds. The summed E-state index contributed by atoms with van der Waals surface area (Å²) in [5.74, 6) is 2.98. The molecule has 4 aliphatic carbocycles. The van der Waals surface area contributed by atoms with Crippen LogP contribution in [0.3, 0.4) is 0 Å². The fraction of sp³-hybridized carbons (Fsp3) is 0.524. The van der Waals surface area contributed by atoms with Crippen molar-refractivity contribution in [1.29, 1.82) is 0 Å². The number of hydrogen-bond donors (Lipinski definition) is 1. The Hall–Kier alpha value is -1.74. The van der Waals surface area contributed by atoms with E-state index in [2.05, 4.69) is 27.4 Å². The predicted molar refractivity (Wildman–Crippen MR) is 95.2 cm³/mol. The van der Waals surface area contributed by atoms with Crippen LogP contribution in [0.4, 0.5) is 0 Å². The maximum Gasteiger partial charge on any atom is 0.0886 e. The van der Waals surface area contributed by atoms with Gasteiger partial charge in [0.1, 0.15) is 0 Å². The summed E-state index contributed by atoms with van der Waals surface area (Å²) in [5, 5.41) is 3.95. The molecule has 0 aromatic carbocycles. The largest absolute Gasteiger partial charge is 0.307 e. The minimum atomic E-state index is 0.425. The Morgan fingerprint density at radius 3 is 2.17 bits per heavy atom. The predicted octanol–water partition coefficient (Wildman–Crippen LogP) is 4.20. The van der Waals surface area contributed by atoms with E-state index >= 15 is 0 Å². The highest BCUT2D eigenvalue weighted by Gasteiger charge is 2.50. The fourth-order valence-electron chi connectivity index (χ4n) is 5.81. The normalized spacial score (nSPS) is 33.8. The van der Waals surface area contributed by atoms with E-state index in [-0.39, 0.29) is 0 Å². The molecule has 2 heterocycles. The molecule has 1 N–H and O–H groups in total. The van der Waals surface area contributed by atoms with Gasteiger partial charge in [-0.25, -0.2) is 0 Å². The van der Waals surface area contributed by atoms with Gasteiger partial charge in [0, 0.05) is 24.5 Å². The lowest BCUT2D eigenvalue weighted by Gasteiger charge is -2.57. The van der Waals surface area contributed by atoms with E-state index in [9.17, 15) is 0 Å². The summed E-state index contributed by atoms with van der Waals surface area (Å²) in [7, 11) is 0. The summed E-state index contributed by atoms with van der Waals surface area (Å²) >= 11 is 0. The highest BCUT2D eigenvalue weighted by Crippen LogP contribution is 2.55. The molecule has 4 saturated carbocycles. The molecule has 0 saturated heterocycles. The number of pyridine rings is 2. The van der Waals surface area contributed by atoms with Crippen molar-refractivity contribution in [1.82, 2.24) is 15.3 Å². The van der Waals surface area contributed by atoms with Crippen LogP contribution in [0.1, 0.15) is 44.1 Å². The molecule has 4 bridgehead atoms. The van der Waals surface area contributed by atoms with E-state index in [1.54, 1.807) is 0 Å². The standard InChI is InChI=1S/C21H25N3/c1-2-6-22-19(3-1)20-5-4-15(13-23-20)14-24-21-10-16-7-17(11-21)9-18(8-16)12-21/h1-6,13,16-18,24H,7-12,14H2. The maximum absolute atomic E-state index is 4.61. The van der Waals surface area contributed by atoms with Gasteiger partial charge >= 0.3 is 0 Å². The molecular formula is C21H25N3. The van der Waals surface area contributed by atoms with Gasteiger partial charge in [-0.05, 0) is 80.0 Å². The lowest BCUT2D eigenvalue weighted by molar-refractivity contribution is -0.0206. The molecule has 0 unspecified atom stereocenters. The molecule has 2 aromatic rings. The third-order valence-corrected chi connectivity index (χ3v) is 6.46. The van der Waals surface area contributed by atoms with Crippen molar-refractivity contribution in [3.63, 3.8) is 0 Å². The van der Waals surface area contributed by atoms with E-state index in [0.717, 1.165) is 35.7 Å². The number of rotatable bonds is 4. The van der Waals surface area contributed by atoms with E-state index in [1.807, 2.05) is 30.6 Å². The van der Waals surface area contributed by atoms with E-state index in [4.69, 9.17) is 0 Å². The Bertz CT molecular complexity index is 672. The van der Waals surface area contributed by atoms with Gasteiger partial charge in [-0.15, -0.1) is 0 Å². The van der Waals surface area contributed by atoms with Crippen molar-refractivity contribution in [2.75, 3.05) is 0 Å². The monoisotopic (exact) mass is 319 g/mol. The van der Waals surface area contributed by atoms with E-state index in [0.29, 0.717) is 5.54 Å². The molecule has 0 spiro atoms. The summed E-state index contributed by atoms with van der Waals surface area (Å²) in [5.41, 5.74) is 3.60. The molecule has 2 aromatic heterocycles. The lowest BCUT2D eigenvalue weighted by atomic mass is 9.53. The zero-order chi connectivity index (χ0) is 16.0. The van der Waals surface area contributed by atoms with Crippen molar-refractivity contribution < 1.29 is 0 Å². The van der Waals surface area contributed by atoms with Crippen molar-refractivity contribution in [3.05, 3.63) is 48.3 Å². The van der Waals surface area contributed by atoms with Gasteiger partial charge in [-0.1, -0.05) is 12.1 Å². The number of nitrogens with zero attached hydrogens (tertiary/aromatic N) is 2. The third kappa shape index (κ3) is 2.65. The second-order valence-corrected chi connectivity index (χ2v) is 8.32.